The molecule has 0 spiro atoms. The SMILES string of the molecule is CCN(CC(N)=O)c1nc(N)nc(-n2cncn2)n1. The Kier molecular flexibility index (Phi) is 3.50. The number of nitrogens with zero attached hydrogens (tertiary/aromatic N) is 7. The van der Waals surface area contributed by atoms with E-state index in [1.165, 1.54) is 17.3 Å². The van der Waals surface area contributed by atoms with Crippen LogP contribution in [0.25, 0.3) is 5.95 Å². The molecule has 2 heterocycles. The minimum atomic E-state index is -0.483. The van der Waals surface area contributed by atoms with Crippen molar-refractivity contribution in [3.05, 3.63) is 12.7 Å². The van der Waals surface area contributed by atoms with Crippen LogP contribution in [0.15, 0.2) is 12.7 Å². The fraction of sp³-hybridized carbons (Fsp3) is 0.333. The van der Waals surface area contributed by atoms with Gasteiger partial charge in [-0.2, -0.15) is 24.7 Å². The number of likely N-dealkylation sites (N-methyl/N-ethyl adjacent to an activating group) is 1. The number of amides is 1. The summed E-state index contributed by atoms with van der Waals surface area (Å²) in [5, 5.41) is 3.90. The molecule has 2 aromatic rings. The molecular formula is C9H13N9O. The van der Waals surface area contributed by atoms with E-state index < -0.39 is 5.91 Å². The van der Waals surface area contributed by atoms with Gasteiger partial charge in [-0.15, -0.1) is 0 Å². The van der Waals surface area contributed by atoms with E-state index in [1.807, 2.05) is 6.92 Å². The summed E-state index contributed by atoms with van der Waals surface area (Å²) in [5.41, 5.74) is 10.8. The summed E-state index contributed by atoms with van der Waals surface area (Å²) < 4.78 is 1.35. The van der Waals surface area contributed by atoms with Crippen molar-refractivity contribution in [3.8, 4) is 5.95 Å². The van der Waals surface area contributed by atoms with Crippen LogP contribution in [0.1, 0.15) is 6.92 Å². The van der Waals surface area contributed by atoms with Crippen molar-refractivity contribution in [3.63, 3.8) is 0 Å². The van der Waals surface area contributed by atoms with Crippen LogP contribution in [0.2, 0.25) is 0 Å². The number of carbonyl (C=O) groups is 1. The number of anilines is 2. The van der Waals surface area contributed by atoms with Crippen LogP contribution in [0.3, 0.4) is 0 Å². The zero-order valence-electron chi connectivity index (χ0n) is 10.3. The molecule has 10 heteroatoms. The first-order valence-electron chi connectivity index (χ1n) is 5.50. The molecule has 0 saturated heterocycles. The molecule has 2 aromatic heterocycles. The zero-order chi connectivity index (χ0) is 13.8. The Balaban J connectivity index is 2.38. The van der Waals surface area contributed by atoms with E-state index in [-0.39, 0.29) is 24.4 Å². The summed E-state index contributed by atoms with van der Waals surface area (Å²) in [6, 6.07) is 0. The molecule has 0 radical (unpaired) electrons. The number of rotatable bonds is 5. The number of primary amides is 1. The van der Waals surface area contributed by atoms with Crippen LogP contribution >= 0.6 is 0 Å². The summed E-state index contributed by atoms with van der Waals surface area (Å²) in [4.78, 5) is 28.5. The highest BCUT2D eigenvalue weighted by Crippen LogP contribution is 2.10. The molecular weight excluding hydrogens is 250 g/mol. The van der Waals surface area contributed by atoms with Gasteiger partial charge in [0, 0.05) is 6.54 Å². The Bertz CT molecular complexity index is 567. The quantitative estimate of drug-likeness (QED) is 0.653. The van der Waals surface area contributed by atoms with Crippen molar-refractivity contribution >= 4 is 17.8 Å². The largest absolute Gasteiger partial charge is 0.368 e. The second kappa shape index (κ2) is 5.25. The third-order valence-electron chi connectivity index (χ3n) is 2.26. The highest BCUT2D eigenvalue weighted by Gasteiger charge is 2.14. The van der Waals surface area contributed by atoms with Crippen LogP contribution in [0.5, 0.6) is 0 Å². The Hall–Kier alpha value is -2.78. The average molecular weight is 263 g/mol. The molecule has 4 N–H and O–H groups in total. The van der Waals surface area contributed by atoms with Crippen LogP contribution in [0, 0.1) is 0 Å². The standard InChI is InChI=1S/C9H13N9O/c1-2-17(3-6(10)19)8-14-7(11)15-9(16-8)18-5-12-4-13-18/h4-5H,2-3H2,1H3,(H2,10,19)(H2,11,14,15,16). The van der Waals surface area contributed by atoms with Gasteiger partial charge in [0.25, 0.3) is 5.95 Å². The van der Waals surface area contributed by atoms with Gasteiger partial charge < -0.3 is 16.4 Å². The second-order valence-electron chi connectivity index (χ2n) is 3.61. The summed E-state index contributed by atoms with van der Waals surface area (Å²) in [6.45, 7) is 2.35. The molecule has 2 rings (SSSR count). The molecule has 0 aliphatic heterocycles. The number of hydrogen-bond donors (Lipinski definition) is 2. The highest BCUT2D eigenvalue weighted by atomic mass is 16.1. The van der Waals surface area contributed by atoms with Crippen LogP contribution in [-0.2, 0) is 4.79 Å². The van der Waals surface area contributed by atoms with E-state index >= 15 is 0 Å². The van der Waals surface area contributed by atoms with Gasteiger partial charge in [-0.25, -0.2) is 4.98 Å². The molecule has 0 aromatic carbocycles. The molecule has 0 aliphatic rings. The fourth-order valence-corrected chi connectivity index (χ4v) is 1.44. The third-order valence-corrected chi connectivity index (χ3v) is 2.26. The first-order valence-corrected chi connectivity index (χ1v) is 5.50. The first kappa shape index (κ1) is 12.7. The Morgan fingerprint density at radius 3 is 2.79 bits per heavy atom. The Morgan fingerprint density at radius 2 is 2.21 bits per heavy atom. The summed E-state index contributed by atoms with van der Waals surface area (Å²) >= 11 is 0. The molecule has 100 valence electrons. The van der Waals surface area contributed by atoms with Crippen LogP contribution in [-0.4, -0.2) is 48.7 Å². The smallest absolute Gasteiger partial charge is 0.258 e. The van der Waals surface area contributed by atoms with Crippen molar-refractivity contribution in [2.45, 2.75) is 6.92 Å². The van der Waals surface area contributed by atoms with E-state index in [4.69, 9.17) is 11.5 Å². The Labute approximate surface area is 108 Å². The predicted octanol–water partition coefficient (Wildman–Crippen LogP) is -1.65. The zero-order valence-corrected chi connectivity index (χ0v) is 10.3. The van der Waals surface area contributed by atoms with Crippen molar-refractivity contribution in [1.29, 1.82) is 0 Å². The lowest BCUT2D eigenvalue weighted by Crippen LogP contribution is -2.35. The molecule has 0 unspecified atom stereocenters. The monoisotopic (exact) mass is 263 g/mol. The van der Waals surface area contributed by atoms with Crippen LogP contribution in [0.4, 0.5) is 11.9 Å². The lowest BCUT2D eigenvalue weighted by Gasteiger charge is -2.19. The number of nitrogens with two attached hydrogens (primary N) is 2. The van der Waals surface area contributed by atoms with Crippen LogP contribution < -0.4 is 16.4 Å². The van der Waals surface area contributed by atoms with E-state index in [0.29, 0.717) is 6.54 Å². The molecule has 10 nitrogen and oxygen atoms in total. The fourth-order valence-electron chi connectivity index (χ4n) is 1.44. The topological polar surface area (TPSA) is 142 Å². The minimum Gasteiger partial charge on any atom is -0.368 e. The van der Waals surface area contributed by atoms with Gasteiger partial charge in [-0.3, -0.25) is 4.79 Å². The van der Waals surface area contributed by atoms with Gasteiger partial charge >= 0.3 is 0 Å². The van der Waals surface area contributed by atoms with E-state index in [0.717, 1.165) is 0 Å². The van der Waals surface area contributed by atoms with Crippen molar-refractivity contribution in [1.82, 2.24) is 29.7 Å². The van der Waals surface area contributed by atoms with Gasteiger partial charge in [-0.1, -0.05) is 0 Å². The normalized spacial score (nSPS) is 10.4. The minimum absolute atomic E-state index is 0.00322. The van der Waals surface area contributed by atoms with E-state index in [1.54, 1.807) is 4.90 Å². The second-order valence-corrected chi connectivity index (χ2v) is 3.61. The van der Waals surface area contributed by atoms with Gasteiger partial charge in [0.2, 0.25) is 17.8 Å². The number of hydrogen-bond acceptors (Lipinski definition) is 8. The van der Waals surface area contributed by atoms with Gasteiger partial charge in [0.05, 0.1) is 6.54 Å². The molecule has 0 atom stereocenters. The predicted molar refractivity (Wildman–Crippen MR) is 66.2 cm³/mol. The maximum Gasteiger partial charge on any atom is 0.258 e. The molecule has 1 amide bonds. The van der Waals surface area contributed by atoms with Gasteiger partial charge in [0.1, 0.15) is 12.7 Å². The molecule has 0 aliphatic carbocycles. The summed E-state index contributed by atoms with van der Waals surface area (Å²) in [7, 11) is 0. The molecule has 19 heavy (non-hydrogen) atoms. The van der Waals surface area contributed by atoms with Crippen molar-refractivity contribution in [2.24, 2.45) is 5.73 Å². The van der Waals surface area contributed by atoms with E-state index in [2.05, 4.69) is 25.0 Å². The highest BCUT2D eigenvalue weighted by molar-refractivity contribution is 5.78. The number of carbonyl (C=O) groups excluding carboxylic acids is 1. The maximum absolute atomic E-state index is 11.0. The first-order chi connectivity index (χ1) is 9.10. The van der Waals surface area contributed by atoms with Crippen molar-refractivity contribution in [2.75, 3.05) is 23.7 Å². The van der Waals surface area contributed by atoms with Crippen molar-refractivity contribution < 1.29 is 4.79 Å². The molecule has 0 fully saturated rings. The summed E-state index contributed by atoms with van der Waals surface area (Å²) in [6.07, 6.45) is 2.78. The molecule has 0 bridgehead atoms. The molecule has 0 saturated carbocycles. The number of aromatic nitrogens is 6. The maximum atomic E-state index is 11.0. The lowest BCUT2D eigenvalue weighted by atomic mass is 10.5. The summed E-state index contributed by atoms with van der Waals surface area (Å²) in [5.74, 6) is 0.0313. The van der Waals surface area contributed by atoms with Gasteiger partial charge in [0.15, 0.2) is 0 Å². The average Bonchev–Trinajstić information content (AvgIpc) is 2.88. The number of nitrogen functional groups attached to an aromatic ring is 1. The lowest BCUT2D eigenvalue weighted by molar-refractivity contribution is -0.116. The van der Waals surface area contributed by atoms with Gasteiger partial charge in [-0.05, 0) is 6.92 Å². The van der Waals surface area contributed by atoms with E-state index in [9.17, 15) is 4.79 Å². The third kappa shape index (κ3) is 2.91. The Morgan fingerprint density at radius 1 is 1.42 bits per heavy atom.